The Morgan fingerprint density at radius 1 is 1.07 bits per heavy atom. The van der Waals surface area contributed by atoms with E-state index in [1.807, 2.05) is 37.3 Å². The minimum absolute atomic E-state index is 0. The summed E-state index contributed by atoms with van der Waals surface area (Å²) in [6.07, 6.45) is 4.91. The van der Waals surface area contributed by atoms with Crippen LogP contribution in [0.1, 0.15) is 54.6 Å². The molecule has 3 rings (SSSR count). The average Bonchev–Trinajstić information content (AvgIpc) is 2.99. The lowest BCUT2D eigenvalue weighted by atomic mass is 10.0. The third-order valence-electron chi connectivity index (χ3n) is 5.23. The van der Waals surface area contributed by atoms with E-state index in [1.165, 1.54) is 25.7 Å². The van der Waals surface area contributed by atoms with Crippen molar-refractivity contribution in [2.45, 2.75) is 38.6 Å². The molecule has 1 unspecified atom stereocenters. The number of amides is 1. The molecule has 4 nitrogen and oxygen atoms in total. The van der Waals surface area contributed by atoms with Crippen molar-refractivity contribution < 1.29 is 9.53 Å². The maximum absolute atomic E-state index is 12.7. The molecule has 29 heavy (non-hydrogen) atoms. The maximum atomic E-state index is 12.7. The molecule has 0 aliphatic carbocycles. The Kier molecular flexibility index (Phi) is 9.79. The lowest BCUT2D eigenvalue weighted by Crippen LogP contribution is -2.38. The fourth-order valence-electron chi connectivity index (χ4n) is 3.75. The maximum Gasteiger partial charge on any atom is 0.251 e. The molecule has 1 aliphatic rings. The Morgan fingerprint density at radius 3 is 2.34 bits per heavy atom. The van der Waals surface area contributed by atoms with Gasteiger partial charge in [0.1, 0.15) is 5.75 Å². The number of halogens is 2. The second kappa shape index (κ2) is 12.1. The SMILES string of the molecule is CCOc1ccc(C(=O)NCC(c2ccccc2Cl)N2CCCCCC2)cc1.Cl. The van der Waals surface area contributed by atoms with Crippen molar-refractivity contribution in [2.75, 3.05) is 26.2 Å². The van der Waals surface area contributed by atoms with Gasteiger partial charge >= 0.3 is 0 Å². The van der Waals surface area contributed by atoms with Crippen molar-refractivity contribution in [3.8, 4) is 5.75 Å². The first-order chi connectivity index (χ1) is 13.7. The predicted molar refractivity (Wildman–Crippen MR) is 121 cm³/mol. The number of nitrogens with zero attached hydrogens (tertiary/aromatic N) is 1. The molecule has 0 aromatic heterocycles. The molecular weight excluding hydrogens is 407 g/mol. The number of rotatable bonds is 7. The third-order valence-corrected chi connectivity index (χ3v) is 5.57. The average molecular weight is 437 g/mol. The quantitative estimate of drug-likeness (QED) is 0.621. The molecule has 0 radical (unpaired) electrons. The second-order valence-corrected chi connectivity index (χ2v) is 7.56. The van der Waals surface area contributed by atoms with Gasteiger partial charge in [-0.25, -0.2) is 0 Å². The molecular formula is C23H30Cl2N2O2. The zero-order valence-electron chi connectivity index (χ0n) is 16.9. The Balaban J connectivity index is 0.00000300. The highest BCUT2D eigenvalue weighted by Gasteiger charge is 2.24. The van der Waals surface area contributed by atoms with Crippen molar-refractivity contribution in [1.29, 1.82) is 0 Å². The van der Waals surface area contributed by atoms with Crippen molar-refractivity contribution >= 4 is 29.9 Å². The normalized spacial score (nSPS) is 15.7. The second-order valence-electron chi connectivity index (χ2n) is 7.15. The van der Waals surface area contributed by atoms with E-state index in [0.29, 0.717) is 18.7 Å². The smallest absolute Gasteiger partial charge is 0.251 e. The van der Waals surface area contributed by atoms with Gasteiger partial charge in [-0.1, -0.05) is 42.6 Å². The summed E-state index contributed by atoms with van der Waals surface area (Å²) >= 11 is 6.51. The van der Waals surface area contributed by atoms with E-state index in [-0.39, 0.29) is 24.4 Å². The number of nitrogens with one attached hydrogen (secondary N) is 1. The fourth-order valence-corrected chi connectivity index (χ4v) is 4.01. The zero-order chi connectivity index (χ0) is 19.8. The number of hydrogen-bond donors (Lipinski definition) is 1. The van der Waals surface area contributed by atoms with E-state index >= 15 is 0 Å². The van der Waals surface area contributed by atoms with E-state index in [1.54, 1.807) is 12.1 Å². The van der Waals surface area contributed by atoms with E-state index in [2.05, 4.69) is 16.3 Å². The Labute approximate surface area is 185 Å². The van der Waals surface area contributed by atoms with Crippen molar-refractivity contribution in [1.82, 2.24) is 10.2 Å². The molecule has 0 bridgehead atoms. The first-order valence-electron chi connectivity index (χ1n) is 10.2. The van der Waals surface area contributed by atoms with Gasteiger partial charge in [-0.15, -0.1) is 12.4 Å². The summed E-state index contributed by atoms with van der Waals surface area (Å²) in [7, 11) is 0. The molecule has 1 N–H and O–H groups in total. The minimum atomic E-state index is -0.0741. The molecule has 1 aliphatic heterocycles. The Hall–Kier alpha value is -1.75. The van der Waals surface area contributed by atoms with Gasteiger partial charge in [-0.05, 0) is 68.8 Å². The highest BCUT2D eigenvalue weighted by Crippen LogP contribution is 2.29. The summed E-state index contributed by atoms with van der Waals surface area (Å²) in [6, 6.07) is 15.3. The summed E-state index contributed by atoms with van der Waals surface area (Å²) in [5.41, 5.74) is 1.72. The van der Waals surface area contributed by atoms with Crippen molar-refractivity contribution in [2.24, 2.45) is 0 Å². The van der Waals surface area contributed by atoms with Crippen LogP contribution in [0.5, 0.6) is 5.75 Å². The van der Waals surface area contributed by atoms with Gasteiger partial charge in [0.25, 0.3) is 5.91 Å². The molecule has 0 spiro atoms. The van der Waals surface area contributed by atoms with Crippen LogP contribution in [0.3, 0.4) is 0 Å². The fraction of sp³-hybridized carbons (Fsp3) is 0.435. The number of carbonyl (C=O) groups is 1. The van der Waals surface area contributed by atoms with Gasteiger partial charge in [0, 0.05) is 17.1 Å². The lowest BCUT2D eigenvalue weighted by Gasteiger charge is -2.31. The van der Waals surface area contributed by atoms with Crippen LogP contribution in [0.25, 0.3) is 0 Å². The Morgan fingerprint density at radius 2 is 1.72 bits per heavy atom. The van der Waals surface area contributed by atoms with E-state index in [0.717, 1.165) is 29.4 Å². The van der Waals surface area contributed by atoms with Crippen LogP contribution in [0.2, 0.25) is 5.02 Å². The molecule has 0 saturated carbocycles. The summed E-state index contributed by atoms with van der Waals surface area (Å²) in [5.74, 6) is 0.701. The number of carbonyl (C=O) groups excluding carboxylic acids is 1. The summed E-state index contributed by atoms with van der Waals surface area (Å²) in [4.78, 5) is 15.1. The van der Waals surface area contributed by atoms with Crippen LogP contribution in [0.4, 0.5) is 0 Å². The van der Waals surface area contributed by atoms with Crippen molar-refractivity contribution in [3.05, 3.63) is 64.7 Å². The van der Waals surface area contributed by atoms with Gasteiger partial charge in [0.05, 0.1) is 12.6 Å². The van der Waals surface area contributed by atoms with E-state index in [9.17, 15) is 4.79 Å². The van der Waals surface area contributed by atoms with Crippen LogP contribution in [-0.2, 0) is 0 Å². The highest BCUT2D eigenvalue weighted by molar-refractivity contribution is 6.31. The van der Waals surface area contributed by atoms with Crippen LogP contribution in [-0.4, -0.2) is 37.0 Å². The standard InChI is InChI=1S/C23H29ClN2O2.ClH/c1-2-28-19-13-11-18(12-14-19)23(27)25-17-22(20-9-5-6-10-21(20)24)26-15-7-3-4-8-16-26;/h5-6,9-14,22H,2-4,7-8,15-17H2,1H3,(H,25,27);1H. The third kappa shape index (κ3) is 6.63. The van der Waals surface area contributed by atoms with Gasteiger partial charge in [0.2, 0.25) is 0 Å². The van der Waals surface area contributed by atoms with Crippen molar-refractivity contribution in [3.63, 3.8) is 0 Å². The first-order valence-corrected chi connectivity index (χ1v) is 10.6. The predicted octanol–water partition coefficient (Wildman–Crippen LogP) is 5.51. The molecule has 2 aromatic rings. The first kappa shape index (κ1) is 23.5. The van der Waals surface area contributed by atoms with Crippen LogP contribution in [0.15, 0.2) is 48.5 Å². The van der Waals surface area contributed by atoms with Crippen LogP contribution < -0.4 is 10.1 Å². The molecule has 2 aromatic carbocycles. The van der Waals surface area contributed by atoms with Gasteiger partial charge in [-0.2, -0.15) is 0 Å². The van der Waals surface area contributed by atoms with Crippen LogP contribution in [0, 0.1) is 0 Å². The molecule has 6 heteroatoms. The number of ether oxygens (including phenoxy) is 1. The number of hydrogen-bond acceptors (Lipinski definition) is 3. The lowest BCUT2D eigenvalue weighted by molar-refractivity contribution is 0.0933. The number of benzene rings is 2. The topological polar surface area (TPSA) is 41.6 Å². The monoisotopic (exact) mass is 436 g/mol. The zero-order valence-corrected chi connectivity index (χ0v) is 18.5. The largest absolute Gasteiger partial charge is 0.494 e. The molecule has 1 heterocycles. The summed E-state index contributed by atoms with van der Waals surface area (Å²) < 4.78 is 5.45. The summed E-state index contributed by atoms with van der Waals surface area (Å²) in [5, 5.41) is 3.87. The molecule has 1 amide bonds. The Bertz CT molecular complexity index is 760. The molecule has 1 atom stereocenters. The highest BCUT2D eigenvalue weighted by atomic mass is 35.5. The van der Waals surface area contributed by atoms with Crippen LogP contribution >= 0.6 is 24.0 Å². The van der Waals surface area contributed by atoms with E-state index < -0.39 is 0 Å². The van der Waals surface area contributed by atoms with Gasteiger partial charge < -0.3 is 10.1 Å². The van der Waals surface area contributed by atoms with Gasteiger partial charge in [-0.3, -0.25) is 9.69 Å². The minimum Gasteiger partial charge on any atom is -0.494 e. The van der Waals surface area contributed by atoms with E-state index in [4.69, 9.17) is 16.3 Å². The number of likely N-dealkylation sites (tertiary alicyclic amines) is 1. The summed E-state index contributed by atoms with van der Waals surface area (Å²) in [6.45, 7) is 5.17. The van der Waals surface area contributed by atoms with Gasteiger partial charge in [0.15, 0.2) is 0 Å². The molecule has 1 fully saturated rings. The molecule has 158 valence electrons. The molecule has 1 saturated heterocycles.